The van der Waals surface area contributed by atoms with Crippen molar-refractivity contribution in [2.24, 2.45) is 17.3 Å². The molecule has 0 amide bonds. The first-order chi connectivity index (χ1) is 16.9. The molecule has 202 valence electrons. The highest BCUT2D eigenvalue weighted by molar-refractivity contribution is 7.09. The van der Waals surface area contributed by atoms with Crippen molar-refractivity contribution in [2.45, 2.75) is 98.1 Å². The highest BCUT2D eigenvalue weighted by Gasteiger charge is 2.43. The molecule has 0 fully saturated rings. The van der Waals surface area contributed by atoms with Crippen LogP contribution in [0.15, 0.2) is 22.9 Å². The molecular weight excluding hydrogens is 485 g/mol. The molecule has 1 aliphatic heterocycles. The number of carbonyl (C=O) groups is 2. The van der Waals surface area contributed by atoms with Crippen molar-refractivity contribution in [1.82, 2.24) is 4.98 Å². The number of ketones is 1. The molecule has 7 nitrogen and oxygen atoms in total. The lowest BCUT2D eigenvalue weighted by molar-refractivity contribution is -0.155. The molecule has 0 saturated heterocycles. The van der Waals surface area contributed by atoms with Gasteiger partial charge in [-0.1, -0.05) is 39.3 Å². The molecule has 0 bridgehead atoms. The number of halogens is 1. The lowest BCUT2D eigenvalue weighted by Crippen LogP contribution is -2.46. The number of ether oxygens (including phenoxy) is 1. The average molecular weight is 526 g/mol. The molecule has 36 heavy (non-hydrogen) atoms. The molecule has 1 aromatic heterocycles. The van der Waals surface area contributed by atoms with E-state index in [-0.39, 0.29) is 24.7 Å². The number of Topliss-reactive ketones (excluding diaryl/α,β-unsaturated/α-hetero) is 1. The zero-order valence-corrected chi connectivity index (χ0v) is 22.7. The standard InChI is InChI=1S/C27H40FNO6S/c1-6-19-25(33)17(3)9-7-8-16(2)10-11-21(20(28)12-18-15-36-23(14-30)29-18)35-24(32)13-22(31)27(4,5)26(19)34/h10,12,15,17,19,21-22,25,30-31,33H,6-9,11,13-14H2,1-5H3/b16-10-,20-12?/t17-,19+,21-,22-,25-/m0/s1. The molecule has 2 heterocycles. The van der Waals surface area contributed by atoms with Gasteiger partial charge in [0.2, 0.25) is 0 Å². The van der Waals surface area contributed by atoms with Crippen LogP contribution in [0.5, 0.6) is 0 Å². The van der Waals surface area contributed by atoms with Crippen LogP contribution in [0.3, 0.4) is 0 Å². The van der Waals surface area contributed by atoms with Gasteiger partial charge in [0.25, 0.3) is 0 Å². The number of hydrogen-bond acceptors (Lipinski definition) is 8. The van der Waals surface area contributed by atoms with Crippen molar-refractivity contribution in [2.75, 3.05) is 0 Å². The van der Waals surface area contributed by atoms with E-state index in [1.54, 1.807) is 19.2 Å². The van der Waals surface area contributed by atoms with Crippen molar-refractivity contribution in [3.05, 3.63) is 33.6 Å². The van der Waals surface area contributed by atoms with Crippen LogP contribution in [0.2, 0.25) is 0 Å². The number of aliphatic hydroxyl groups is 3. The molecule has 0 spiro atoms. The number of hydrogen-bond donors (Lipinski definition) is 3. The summed E-state index contributed by atoms with van der Waals surface area (Å²) in [5, 5.41) is 33.0. The fraction of sp³-hybridized carbons (Fsp3) is 0.667. The Hall–Kier alpha value is -1.94. The SMILES string of the molecule is CC[C@H]1C(=O)C(C)(C)[C@@H](O)CC(=O)O[C@H](C(F)=Cc2csc(CO)n2)C/C=C(/C)CCC[C@H](C)[C@@H]1O. The van der Waals surface area contributed by atoms with Crippen molar-refractivity contribution in [3.63, 3.8) is 0 Å². The number of aromatic nitrogens is 1. The molecule has 2 rings (SSSR count). The largest absolute Gasteiger partial charge is 0.455 e. The minimum Gasteiger partial charge on any atom is -0.455 e. The van der Waals surface area contributed by atoms with Crippen LogP contribution in [0.1, 0.15) is 83.8 Å². The maximum atomic E-state index is 15.2. The quantitative estimate of drug-likeness (QED) is 0.384. The topological polar surface area (TPSA) is 117 Å². The van der Waals surface area contributed by atoms with Gasteiger partial charge in [-0.05, 0) is 38.5 Å². The molecule has 0 aromatic carbocycles. The Morgan fingerprint density at radius 3 is 2.64 bits per heavy atom. The van der Waals surface area contributed by atoms with E-state index in [4.69, 9.17) is 4.74 Å². The lowest BCUT2D eigenvalue weighted by Gasteiger charge is -2.35. The van der Waals surface area contributed by atoms with Gasteiger partial charge in [0.05, 0.1) is 36.3 Å². The Morgan fingerprint density at radius 2 is 2.03 bits per heavy atom. The predicted molar refractivity (Wildman–Crippen MR) is 138 cm³/mol. The second kappa shape index (κ2) is 13.6. The van der Waals surface area contributed by atoms with Crippen LogP contribution in [-0.2, 0) is 20.9 Å². The molecule has 0 radical (unpaired) electrons. The van der Waals surface area contributed by atoms with Crippen molar-refractivity contribution < 1.29 is 34.0 Å². The van der Waals surface area contributed by atoms with Gasteiger partial charge in [0, 0.05) is 23.8 Å². The molecule has 0 unspecified atom stereocenters. The number of allylic oxidation sites excluding steroid dienone is 1. The highest BCUT2D eigenvalue weighted by atomic mass is 32.1. The third-order valence-electron chi connectivity index (χ3n) is 7.08. The van der Waals surface area contributed by atoms with Crippen LogP contribution >= 0.6 is 11.3 Å². The second-order valence-corrected chi connectivity index (χ2v) is 11.2. The molecular formula is C27H40FNO6S. The van der Waals surface area contributed by atoms with E-state index in [0.717, 1.165) is 18.4 Å². The summed E-state index contributed by atoms with van der Waals surface area (Å²) in [7, 11) is 0. The Bertz CT molecular complexity index is 956. The minimum absolute atomic E-state index is 0.103. The van der Waals surface area contributed by atoms with E-state index in [1.807, 2.05) is 26.8 Å². The molecule has 9 heteroatoms. The molecule has 1 aliphatic rings. The number of carbonyl (C=O) groups excluding carboxylic acids is 2. The smallest absolute Gasteiger partial charge is 0.309 e. The lowest BCUT2D eigenvalue weighted by atomic mass is 9.71. The van der Waals surface area contributed by atoms with Gasteiger partial charge in [0.1, 0.15) is 16.6 Å². The Balaban J connectivity index is 2.35. The van der Waals surface area contributed by atoms with E-state index >= 15 is 4.39 Å². The molecule has 0 aliphatic carbocycles. The van der Waals surface area contributed by atoms with Crippen LogP contribution in [0.25, 0.3) is 6.08 Å². The van der Waals surface area contributed by atoms with Gasteiger partial charge in [0.15, 0.2) is 6.10 Å². The van der Waals surface area contributed by atoms with Gasteiger partial charge in [-0.25, -0.2) is 9.37 Å². The van der Waals surface area contributed by atoms with E-state index in [1.165, 1.54) is 17.4 Å². The Kier molecular flexibility index (Phi) is 11.4. The molecule has 5 atom stereocenters. The monoisotopic (exact) mass is 525 g/mol. The number of esters is 1. The Labute approximate surface area is 217 Å². The number of aliphatic hydroxyl groups excluding tert-OH is 3. The first-order valence-corrected chi connectivity index (χ1v) is 13.5. The zero-order valence-electron chi connectivity index (χ0n) is 21.9. The first-order valence-electron chi connectivity index (χ1n) is 12.6. The predicted octanol–water partition coefficient (Wildman–Crippen LogP) is 4.75. The van der Waals surface area contributed by atoms with E-state index < -0.39 is 47.9 Å². The third-order valence-corrected chi connectivity index (χ3v) is 7.93. The Morgan fingerprint density at radius 1 is 1.33 bits per heavy atom. The van der Waals surface area contributed by atoms with Crippen LogP contribution < -0.4 is 0 Å². The summed E-state index contributed by atoms with van der Waals surface area (Å²) in [6.07, 6.45) is 1.83. The van der Waals surface area contributed by atoms with Crippen LogP contribution in [-0.4, -0.2) is 50.4 Å². The summed E-state index contributed by atoms with van der Waals surface area (Å²) in [5.74, 6) is -2.62. The number of thiazole rings is 1. The van der Waals surface area contributed by atoms with Gasteiger partial charge in [-0.3, -0.25) is 9.59 Å². The maximum absolute atomic E-state index is 15.2. The minimum atomic E-state index is -1.36. The third kappa shape index (κ3) is 8.03. The summed E-state index contributed by atoms with van der Waals surface area (Å²) in [4.78, 5) is 30.2. The fourth-order valence-corrected chi connectivity index (χ4v) is 5.05. The van der Waals surface area contributed by atoms with Gasteiger partial charge in [-0.15, -0.1) is 11.3 Å². The second-order valence-electron chi connectivity index (χ2n) is 10.3. The van der Waals surface area contributed by atoms with Gasteiger partial charge in [-0.2, -0.15) is 0 Å². The summed E-state index contributed by atoms with van der Waals surface area (Å²) >= 11 is 1.19. The van der Waals surface area contributed by atoms with Gasteiger partial charge < -0.3 is 20.1 Å². The summed E-state index contributed by atoms with van der Waals surface area (Å²) < 4.78 is 20.6. The van der Waals surface area contributed by atoms with E-state index in [2.05, 4.69) is 4.98 Å². The number of rotatable bonds is 4. The average Bonchev–Trinajstić information content (AvgIpc) is 3.28. The summed E-state index contributed by atoms with van der Waals surface area (Å²) in [5.41, 5.74) is 0.00701. The summed E-state index contributed by atoms with van der Waals surface area (Å²) in [6, 6.07) is 0. The summed E-state index contributed by atoms with van der Waals surface area (Å²) in [6.45, 7) is 8.53. The highest BCUT2D eigenvalue weighted by Crippen LogP contribution is 2.34. The van der Waals surface area contributed by atoms with Crippen molar-refractivity contribution >= 4 is 29.2 Å². The van der Waals surface area contributed by atoms with Crippen molar-refractivity contribution in [3.8, 4) is 0 Å². The maximum Gasteiger partial charge on any atom is 0.309 e. The van der Waals surface area contributed by atoms with Crippen LogP contribution in [0, 0.1) is 17.3 Å². The molecule has 3 N–H and O–H groups in total. The molecule has 1 aromatic rings. The normalized spacial score (nSPS) is 31.0. The first kappa shape index (κ1) is 30.3. The van der Waals surface area contributed by atoms with Gasteiger partial charge >= 0.3 is 5.97 Å². The van der Waals surface area contributed by atoms with E-state index in [0.29, 0.717) is 23.5 Å². The molecule has 0 saturated carbocycles. The van der Waals surface area contributed by atoms with E-state index in [9.17, 15) is 24.9 Å². The van der Waals surface area contributed by atoms with Crippen molar-refractivity contribution in [1.29, 1.82) is 0 Å². The zero-order chi connectivity index (χ0) is 27.0. The fourth-order valence-electron chi connectivity index (χ4n) is 4.44. The number of nitrogens with zero attached hydrogens (tertiary/aromatic N) is 1. The van der Waals surface area contributed by atoms with Crippen LogP contribution in [0.4, 0.5) is 4.39 Å². The number of cyclic esters (lactones) is 1.